The number of methoxy groups -OCH3 is 1. The minimum Gasteiger partial charge on any atom is -0.465 e. The molecule has 1 aliphatic rings. The van der Waals surface area contributed by atoms with Gasteiger partial charge in [-0.15, -0.1) is 0 Å². The first kappa shape index (κ1) is 22.2. The molecule has 0 fully saturated rings. The van der Waals surface area contributed by atoms with Gasteiger partial charge in [0.2, 0.25) is 10.0 Å². The molecule has 0 saturated heterocycles. The van der Waals surface area contributed by atoms with Gasteiger partial charge in [-0.05, 0) is 61.5 Å². The summed E-state index contributed by atoms with van der Waals surface area (Å²) in [5.74, 6) is 0.209. The van der Waals surface area contributed by atoms with Gasteiger partial charge < -0.3 is 9.15 Å². The number of esters is 1. The largest absolute Gasteiger partial charge is 0.465 e. The summed E-state index contributed by atoms with van der Waals surface area (Å²) in [5, 5.41) is 10.6. The fourth-order valence-corrected chi connectivity index (χ4v) is 3.77. The molecule has 3 aromatic rings. The van der Waals surface area contributed by atoms with E-state index < -0.39 is 16.0 Å². The highest BCUT2D eigenvalue weighted by Gasteiger charge is 2.29. The Kier molecular flexibility index (Phi) is 5.71. The highest BCUT2D eigenvalue weighted by atomic mass is 32.2. The molecule has 0 saturated carbocycles. The van der Waals surface area contributed by atoms with Gasteiger partial charge in [-0.25, -0.2) is 18.4 Å². The number of rotatable bonds is 5. The molecule has 0 bridgehead atoms. The van der Waals surface area contributed by atoms with Gasteiger partial charge in [0.05, 0.1) is 34.5 Å². The number of carbonyl (C=O) groups is 2. The Hall–Kier alpha value is -4.02. The van der Waals surface area contributed by atoms with Crippen LogP contribution >= 0.6 is 0 Å². The van der Waals surface area contributed by atoms with E-state index >= 15 is 0 Å². The van der Waals surface area contributed by atoms with Crippen LogP contribution in [0.1, 0.15) is 23.0 Å². The highest BCUT2D eigenvalue weighted by molar-refractivity contribution is 7.89. The molecule has 10 heteroatoms. The first-order chi connectivity index (χ1) is 15.7. The number of carbonyl (C=O) groups excluding carboxylic acids is 2. The summed E-state index contributed by atoms with van der Waals surface area (Å²) in [6.45, 7) is 1.69. The second kappa shape index (κ2) is 8.49. The van der Waals surface area contributed by atoms with Crippen molar-refractivity contribution >= 4 is 39.4 Å². The van der Waals surface area contributed by atoms with Crippen LogP contribution in [0.2, 0.25) is 0 Å². The van der Waals surface area contributed by atoms with E-state index in [2.05, 4.69) is 5.10 Å². The third-order valence-corrected chi connectivity index (χ3v) is 5.91. The first-order valence-corrected chi connectivity index (χ1v) is 11.2. The van der Waals surface area contributed by atoms with Gasteiger partial charge in [0.15, 0.2) is 0 Å². The summed E-state index contributed by atoms with van der Waals surface area (Å²) in [6.07, 6.45) is 1.59. The third-order valence-electron chi connectivity index (χ3n) is 4.98. The Morgan fingerprint density at radius 2 is 1.73 bits per heavy atom. The standard InChI is InChI=1S/C23H19N3O6S/c1-14-20(22(27)26(25-14)17-7-10-19(11-8-17)33(24,29)30)13-18-9-12-21(32-18)15-3-5-16(6-4-15)23(28)31-2/h3-13H,1-2H3,(H2,24,29,30). The number of ether oxygens (including phenoxy) is 1. The van der Waals surface area contributed by atoms with Crippen LogP contribution in [0.15, 0.2) is 80.7 Å². The maximum absolute atomic E-state index is 12.9. The van der Waals surface area contributed by atoms with E-state index in [0.717, 1.165) is 5.56 Å². The number of nitrogens with two attached hydrogens (primary N) is 1. The quantitative estimate of drug-likeness (QED) is 0.455. The van der Waals surface area contributed by atoms with Gasteiger partial charge in [0.1, 0.15) is 11.5 Å². The molecule has 2 aromatic carbocycles. The molecule has 2 heterocycles. The Balaban J connectivity index is 1.56. The van der Waals surface area contributed by atoms with Gasteiger partial charge in [0.25, 0.3) is 5.91 Å². The molecular weight excluding hydrogens is 446 g/mol. The van der Waals surface area contributed by atoms with Crippen LogP contribution in [-0.2, 0) is 19.6 Å². The van der Waals surface area contributed by atoms with E-state index in [-0.39, 0.29) is 10.8 Å². The Bertz CT molecular complexity index is 1400. The summed E-state index contributed by atoms with van der Waals surface area (Å²) in [7, 11) is -2.52. The van der Waals surface area contributed by atoms with E-state index in [1.807, 2.05) is 0 Å². The lowest BCUT2D eigenvalue weighted by Gasteiger charge is -2.11. The fourth-order valence-electron chi connectivity index (χ4n) is 3.25. The molecule has 0 aliphatic carbocycles. The van der Waals surface area contributed by atoms with E-state index in [1.165, 1.54) is 36.4 Å². The summed E-state index contributed by atoms with van der Waals surface area (Å²) in [6, 6.07) is 15.8. The molecule has 0 atom stereocenters. The van der Waals surface area contributed by atoms with Crippen molar-refractivity contribution in [3.05, 3.63) is 77.6 Å². The number of amides is 1. The second-order valence-electron chi connectivity index (χ2n) is 7.17. The van der Waals surface area contributed by atoms with Crippen molar-refractivity contribution in [2.45, 2.75) is 11.8 Å². The normalized spacial score (nSPS) is 15.1. The molecule has 1 aromatic heterocycles. The minimum absolute atomic E-state index is 0.0582. The number of furan rings is 1. The number of primary sulfonamides is 1. The van der Waals surface area contributed by atoms with Crippen molar-refractivity contribution in [3.63, 3.8) is 0 Å². The summed E-state index contributed by atoms with van der Waals surface area (Å²) in [5.41, 5.74) is 2.41. The zero-order valence-electron chi connectivity index (χ0n) is 17.7. The number of sulfonamides is 1. The van der Waals surface area contributed by atoms with Crippen LogP contribution in [0.5, 0.6) is 0 Å². The zero-order valence-corrected chi connectivity index (χ0v) is 18.5. The Labute approximate surface area is 189 Å². The fraction of sp³-hybridized carbons (Fsp3) is 0.0870. The summed E-state index contributed by atoms with van der Waals surface area (Å²) in [4.78, 5) is 24.4. The molecule has 0 unspecified atom stereocenters. The van der Waals surface area contributed by atoms with Gasteiger partial charge in [-0.2, -0.15) is 10.1 Å². The average molecular weight is 465 g/mol. The maximum Gasteiger partial charge on any atom is 0.337 e. The predicted octanol–water partition coefficient (Wildman–Crippen LogP) is 3.19. The molecule has 1 amide bonds. The van der Waals surface area contributed by atoms with Gasteiger partial charge in [0, 0.05) is 5.56 Å². The molecule has 168 valence electrons. The Morgan fingerprint density at radius 3 is 2.33 bits per heavy atom. The van der Waals surface area contributed by atoms with Crippen molar-refractivity contribution in [3.8, 4) is 11.3 Å². The van der Waals surface area contributed by atoms with Crippen molar-refractivity contribution < 1.29 is 27.2 Å². The lowest BCUT2D eigenvalue weighted by molar-refractivity contribution is -0.114. The lowest BCUT2D eigenvalue weighted by atomic mass is 10.1. The van der Waals surface area contributed by atoms with Crippen LogP contribution < -0.4 is 10.1 Å². The summed E-state index contributed by atoms with van der Waals surface area (Å²) < 4.78 is 33.4. The molecule has 4 rings (SSSR count). The molecule has 0 radical (unpaired) electrons. The monoisotopic (exact) mass is 465 g/mol. The molecular formula is C23H19N3O6S. The van der Waals surface area contributed by atoms with Crippen LogP contribution in [0.3, 0.4) is 0 Å². The van der Waals surface area contributed by atoms with E-state index in [1.54, 1.807) is 49.4 Å². The van der Waals surface area contributed by atoms with Crippen molar-refractivity contribution in [1.29, 1.82) is 0 Å². The van der Waals surface area contributed by atoms with Crippen LogP contribution in [-0.4, -0.2) is 33.1 Å². The maximum atomic E-state index is 12.9. The number of hydrogen-bond donors (Lipinski definition) is 1. The molecule has 1 aliphatic heterocycles. The van der Waals surface area contributed by atoms with Gasteiger partial charge >= 0.3 is 5.97 Å². The lowest BCUT2D eigenvalue weighted by Crippen LogP contribution is -2.21. The zero-order chi connectivity index (χ0) is 23.8. The number of anilines is 1. The number of hydrazone groups is 1. The molecule has 33 heavy (non-hydrogen) atoms. The minimum atomic E-state index is -3.83. The van der Waals surface area contributed by atoms with Crippen LogP contribution in [0, 0.1) is 0 Å². The molecule has 9 nitrogen and oxygen atoms in total. The average Bonchev–Trinajstić information content (AvgIpc) is 3.38. The van der Waals surface area contributed by atoms with Crippen molar-refractivity contribution in [1.82, 2.24) is 0 Å². The highest BCUT2D eigenvalue weighted by Crippen LogP contribution is 2.28. The predicted molar refractivity (Wildman–Crippen MR) is 122 cm³/mol. The summed E-state index contributed by atoms with van der Waals surface area (Å²) >= 11 is 0. The van der Waals surface area contributed by atoms with Gasteiger partial charge in [-0.3, -0.25) is 4.79 Å². The van der Waals surface area contributed by atoms with E-state index in [9.17, 15) is 18.0 Å². The van der Waals surface area contributed by atoms with E-state index in [4.69, 9.17) is 14.3 Å². The number of nitrogens with zero attached hydrogens (tertiary/aromatic N) is 2. The first-order valence-electron chi connectivity index (χ1n) is 9.70. The van der Waals surface area contributed by atoms with Gasteiger partial charge in [-0.1, -0.05) is 12.1 Å². The van der Waals surface area contributed by atoms with Crippen LogP contribution in [0.25, 0.3) is 17.4 Å². The van der Waals surface area contributed by atoms with E-state index in [0.29, 0.717) is 34.1 Å². The Morgan fingerprint density at radius 1 is 1.06 bits per heavy atom. The smallest absolute Gasteiger partial charge is 0.337 e. The van der Waals surface area contributed by atoms with Crippen LogP contribution in [0.4, 0.5) is 5.69 Å². The third kappa shape index (κ3) is 4.47. The topological polar surface area (TPSA) is 132 Å². The molecule has 0 spiro atoms. The second-order valence-corrected chi connectivity index (χ2v) is 8.73. The number of benzene rings is 2. The van der Waals surface area contributed by atoms with Crippen molar-refractivity contribution in [2.24, 2.45) is 10.2 Å². The molecule has 2 N–H and O–H groups in total. The van der Waals surface area contributed by atoms with Crippen molar-refractivity contribution in [2.75, 3.05) is 12.1 Å². The SMILES string of the molecule is COC(=O)c1ccc(-c2ccc(C=C3C(=O)N(c4ccc(S(N)(=O)=O)cc4)N=C3C)o2)cc1. The number of hydrogen-bond acceptors (Lipinski definition) is 7.